The molecule has 4 heteroatoms. The van der Waals surface area contributed by atoms with Gasteiger partial charge in [0.2, 0.25) is 0 Å². The molecule has 104 valence electrons. The van der Waals surface area contributed by atoms with Crippen molar-refractivity contribution in [1.29, 1.82) is 0 Å². The highest BCUT2D eigenvalue weighted by Gasteiger charge is 1.98. The van der Waals surface area contributed by atoms with Gasteiger partial charge in [0, 0.05) is 18.2 Å². The summed E-state index contributed by atoms with van der Waals surface area (Å²) in [5, 5.41) is 5.28. The van der Waals surface area contributed by atoms with Gasteiger partial charge in [-0.15, -0.1) is 0 Å². The number of pyridine rings is 1. The van der Waals surface area contributed by atoms with E-state index in [9.17, 15) is 0 Å². The van der Waals surface area contributed by atoms with E-state index >= 15 is 0 Å². The van der Waals surface area contributed by atoms with Gasteiger partial charge in [-0.1, -0.05) is 25.3 Å². The number of ether oxygens (including phenoxy) is 2. The molecule has 1 rings (SSSR count). The molecule has 0 amide bonds. The fourth-order valence-electron chi connectivity index (χ4n) is 1.35. The third-order valence-corrected chi connectivity index (χ3v) is 2.43. The van der Waals surface area contributed by atoms with Crippen LogP contribution in [-0.4, -0.2) is 13.0 Å². The van der Waals surface area contributed by atoms with Gasteiger partial charge in [0.05, 0.1) is 6.26 Å². The van der Waals surface area contributed by atoms with Crippen molar-refractivity contribution in [2.45, 2.75) is 6.73 Å². The lowest BCUT2D eigenvalue weighted by molar-refractivity contribution is -0.734. The van der Waals surface area contributed by atoms with Crippen LogP contribution in [0.3, 0.4) is 0 Å². The van der Waals surface area contributed by atoms with E-state index in [1.165, 1.54) is 6.21 Å². The predicted octanol–water partition coefficient (Wildman–Crippen LogP) is 1.02. The molecule has 0 aliphatic heterocycles. The number of nitrogens with two attached hydrogens (primary N) is 1. The average molecular weight is 272 g/mol. The Bertz CT molecular complexity index is 502. The van der Waals surface area contributed by atoms with Gasteiger partial charge < -0.3 is 4.74 Å². The van der Waals surface area contributed by atoms with Gasteiger partial charge in [-0.25, -0.2) is 0 Å². The Morgan fingerprint density at radius 2 is 2.05 bits per heavy atom. The minimum atomic E-state index is 0.170. The van der Waals surface area contributed by atoms with Crippen molar-refractivity contribution in [3.63, 3.8) is 0 Å². The molecule has 0 saturated heterocycles. The first-order valence-electron chi connectivity index (χ1n) is 6.15. The zero-order chi connectivity index (χ0) is 14.6. The van der Waals surface area contributed by atoms with Crippen LogP contribution in [0.25, 0.3) is 6.08 Å². The van der Waals surface area contributed by atoms with Crippen molar-refractivity contribution in [2.75, 3.05) is 6.79 Å². The van der Waals surface area contributed by atoms with Crippen molar-refractivity contribution in [2.24, 2.45) is 0 Å². The Labute approximate surface area is 119 Å². The number of hydrogen-bond donors (Lipinski definition) is 1. The molecule has 0 saturated carbocycles. The van der Waals surface area contributed by atoms with Crippen molar-refractivity contribution in [3.8, 4) is 0 Å². The highest BCUT2D eigenvalue weighted by atomic mass is 16.7. The second-order valence-electron chi connectivity index (χ2n) is 3.83. The molecule has 1 heterocycles. The third kappa shape index (κ3) is 5.93. The van der Waals surface area contributed by atoms with Crippen LogP contribution in [0.1, 0.15) is 5.56 Å². The second kappa shape index (κ2) is 9.47. The molecule has 0 unspecified atom stereocenters. The number of allylic oxidation sites excluding steroid dienone is 4. The van der Waals surface area contributed by atoms with E-state index < -0.39 is 0 Å². The maximum absolute atomic E-state index is 5.35. The van der Waals surface area contributed by atoms with Gasteiger partial charge in [-0.2, -0.15) is 4.57 Å². The summed E-state index contributed by atoms with van der Waals surface area (Å²) in [7, 11) is 0. The maximum atomic E-state index is 5.35. The summed E-state index contributed by atoms with van der Waals surface area (Å²) in [6.45, 7) is 7.95. The Hall–Kier alpha value is -2.46. The van der Waals surface area contributed by atoms with Gasteiger partial charge in [0.25, 0.3) is 6.73 Å². The predicted molar refractivity (Wildman–Crippen MR) is 79.2 cm³/mol. The maximum Gasteiger partial charge on any atom is 0.255 e. The molecule has 0 aliphatic carbocycles. The lowest BCUT2D eigenvalue weighted by Gasteiger charge is -2.01. The van der Waals surface area contributed by atoms with Gasteiger partial charge in [-0.3, -0.25) is 10.1 Å². The number of hydrogen-bond acceptors (Lipinski definition) is 2. The first kappa shape index (κ1) is 15.6. The Kier molecular flexibility index (Phi) is 7.38. The van der Waals surface area contributed by atoms with Crippen molar-refractivity contribution >= 4 is 12.3 Å². The quantitative estimate of drug-likeness (QED) is 0.182. The van der Waals surface area contributed by atoms with Crippen LogP contribution >= 0.6 is 0 Å². The Balaban J connectivity index is 2.26. The van der Waals surface area contributed by atoms with Crippen LogP contribution in [0.15, 0.2) is 67.7 Å². The van der Waals surface area contributed by atoms with E-state index in [0.717, 1.165) is 11.1 Å². The number of rotatable bonds is 9. The molecule has 0 bridgehead atoms. The minimum Gasteiger partial charge on any atom is -0.475 e. The van der Waals surface area contributed by atoms with E-state index in [1.807, 2.05) is 29.1 Å². The van der Waals surface area contributed by atoms with Crippen molar-refractivity contribution in [3.05, 3.63) is 73.3 Å². The molecule has 0 atom stereocenters. The molecule has 1 aromatic rings. The summed E-state index contributed by atoms with van der Waals surface area (Å²) in [6, 6.07) is 3.92. The summed E-state index contributed by atoms with van der Waals surface area (Å²) < 4.78 is 12.5. The molecule has 0 radical (unpaired) electrons. The SMILES string of the molecule is C=CC(/C=C\OCOC[n+]1ccc(C=C)cc1)=C/C=[NH2+]. The monoisotopic (exact) mass is 272 g/mol. The van der Waals surface area contributed by atoms with Crippen LogP contribution < -0.4 is 9.98 Å². The normalized spacial score (nSPS) is 11.3. The standard InChI is InChI=1S/C16H19N2O2/c1-3-15(5-9-17)8-12-19-14-20-13-18-10-6-16(4-2)7-11-18/h3-12,17H,1-2,13-14H2/q+1/p+1/b12-8-,15-5-,17-9?. The molecular formula is C16H20N2O2+2. The van der Waals surface area contributed by atoms with Crippen LogP contribution in [-0.2, 0) is 16.2 Å². The molecule has 2 N–H and O–H groups in total. The van der Waals surface area contributed by atoms with Crippen LogP contribution in [0.4, 0.5) is 0 Å². The van der Waals surface area contributed by atoms with Gasteiger partial charge in [0.15, 0.2) is 25.4 Å². The van der Waals surface area contributed by atoms with Gasteiger partial charge >= 0.3 is 0 Å². The topological polar surface area (TPSA) is 47.9 Å². The molecule has 0 aliphatic rings. The highest BCUT2D eigenvalue weighted by Crippen LogP contribution is 1.97. The summed E-state index contributed by atoms with van der Waals surface area (Å²) >= 11 is 0. The third-order valence-electron chi connectivity index (χ3n) is 2.43. The van der Waals surface area contributed by atoms with Crippen molar-refractivity contribution in [1.82, 2.24) is 0 Å². The van der Waals surface area contributed by atoms with E-state index in [2.05, 4.69) is 13.2 Å². The minimum absolute atomic E-state index is 0.170. The lowest BCUT2D eigenvalue weighted by Crippen LogP contribution is -2.34. The van der Waals surface area contributed by atoms with E-state index in [-0.39, 0.29) is 6.79 Å². The summed E-state index contributed by atoms with van der Waals surface area (Å²) in [5.74, 6) is 0. The highest BCUT2D eigenvalue weighted by molar-refractivity contribution is 5.68. The van der Waals surface area contributed by atoms with Crippen LogP contribution in [0, 0.1) is 0 Å². The fraction of sp³-hybridized carbons (Fsp3) is 0.125. The summed E-state index contributed by atoms with van der Waals surface area (Å²) in [6.07, 6.45) is 13.8. The molecule has 1 aromatic heterocycles. The van der Waals surface area contributed by atoms with E-state index in [1.54, 1.807) is 30.6 Å². The molecular weight excluding hydrogens is 252 g/mol. The smallest absolute Gasteiger partial charge is 0.255 e. The number of nitrogens with zero attached hydrogens (tertiary/aromatic N) is 1. The average Bonchev–Trinajstić information content (AvgIpc) is 2.50. The Morgan fingerprint density at radius 1 is 1.30 bits per heavy atom. The Morgan fingerprint density at radius 3 is 2.65 bits per heavy atom. The second-order valence-corrected chi connectivity index (χ2v) is 3.83. The molecule has 4 nitrogen and oxygen atoms in total. The van der Waals surface area contributed by atoms with E-state index in [0.29, 0.717) is 6.73 Å². The van der Waals surface area contributed by atoms with E-state index in [4.69, 9.17) is 14.9 Å². The lowest BCUT2D eigenvalue weighted by atomic mass is 10.2. The first-order chi connectivity index (χ1) is 9.80. The zero-order valence-corrected chi connectivity index (χ0v) is 11.4. The zero-order valence-electron chi connectivity index (χ0n) is 11.4. The summed E-state index contributed by atoms with van der Waals surface area (Å²) in [4.78, 5) is 0. The van der Waals surface area contributed by atoms with Gasteiger partial charge in [0.1, 0.15) is 0 Å². The number of aromatic nitrogens is 1. The van der Waals surface area contributed by atoms with Gasteiger partial charge in [-0.05, 0) is 17.2 Å². The molecule has 0 fully saturated rings. The molecule has 0 spiro atoms. The fourth-order valence-corrected chi connectivity index (χ4v) is 1.35. The summed E-state index contributed by atoms with van der Waals surface area (Å²) in [5.41, 5.74) is 1.93. The van der Waals surface area contributed by atoms with Crippen LogP contribution in [0.2, 0.25) is 0 Å². The molecule has 0 aromatic carbocycles. The largest absolute Gasteiger partial charge is 0.475 e. The van der Waals surface area contributed by atoms with Crippen molar-refractivity contribution < 1.29 is 19.5 Å². The first-order valence-corrected chi connectivity index (χ1v) is 6.15. The molecule has 20 heavy (non-hydrogen) atoms. The van der Waals surface area contributed by atoms with Crippen LogP contribution in [0.5, 0.6) is 0 Å².